The fourth-order valence-corrected chi connectivity index (χ4v) is 3.96. The van der Waals surface area contributed by atoms with Gasteiger partial charge in [-0.2, -0.15) is 0 Å². The van der Waals surface area contributed by atoms with E-state index in [0.717, 1.165) is 0 Å². The fourth-order valence-electron chi connectivity index (χ4n) is 2.18. The Hall–Kier alpha value is -2.47. The summed E-state index contributed by atoms with van der Waals surface area (Å²) in [5, 5.41) is 7.60. The summed E-state index contributed by atoms with van der Waals surface area (Å²) >= 11 is 0. The van der Waals surface area contributed by atoms with Gasteiger partial charge in [-0.05, 0) is 30.3 Å². The predicted octanol–water partition coefficient (Wildman–Crippen LogP) is 0.650. The molecule has 0 aliphatic rings. The topological polar surface area (TPSA) is 145 Å². The van der Waals surface area contributed by atoms with Gasteiger partial charge in [0, 0.05) is 18.7 Å². The van der Waals surface area contributed by atoms with Crippen molar-refractivity contribution in [2.24, 2.45) is 5.14 Å². The number of benzene rings is 2. The summed E-state index contributed by atoms with van der Waals surface area (Å²) in [4.78, 5) is 11.8. The van der Waals surface area contributed by atoms with Gasteiger partial charge in [-0.1, -0.05) is 18.2 Å². The van der Waals surface area contributed by atoms with Crippen molar-refractivity contribution in [2.45, 2.75) is 16.2 Å². The largest absolute Gasteiger partial charge is 0.495 e. The van der Waals surface area contributed by atoms with Gasteiger partial charge in [-0.15, -0.1) is 0 Å². The zero-order valence-electron chi connectivity index (χ0n) is 14.4. The number of methoxy groups -OCH3 is 1. The van der Waals surface area contributed by atoms with Crippen LogP contribution in [0.2, 0.25) is 0 Å². The summed E-state index contributed by atoms with van der Waals surface area (Å²) in [7, 11) is -6.45. The van der Waals surface area contributed by atoms with Crippen molar-refractivity contribution in [3.63, 3.8) is 0 Å². The molecule has 2 aromatic carbocycles. The number of nitrogens with two attached hydrogens (primary N) is 1. The molecule has 0 aliphatic heterocycles. The zero-order valence-corrected chi connectivity index (χ0v) is 16.0. The molecule has 11 heteroatoms. The normalized spacial score (nSPS) is 11.8. The number of nitrogens with one attached hydrogen (secondary N) is 2. The number of hydrogen-bond donors (Lipinski definition) is 3. The van der Waals surface area contributed by atoms with Crippen LogP contribution in [0.1, 0.15) is 6.42 Å². The van der Waals surface area contributed by atoms with Crippen LogP contribution in [0.5, 0.6) is 5.75 Å². The first kappa shape index (κ1) is 20.8. The first-order chi connectivity index (χ1) is 12.6. The highest BCUT2D eigenvalue weighted by molar-refractivity contribution is 7.89. The maximum absolute atomic E-state index is 12.1. The molecule has 0 aromatic heterocycles. The molecule has 146 valence electrons. The van der Waals surface area contributed by atoms with E-state index in [-0.39, 0.29) is 34.2 Å². The maximum atomic E-state index is 12.1. The summed E-state index contributed by atoms with van der Waals surface area (Å²) in [5.74, 6) is -0.456. The van der Waals surface area contributed by atoms with Crippen molar-refractivity contribution in [2.75, 3.05) is 19.0 Å². The monoisotopic (exact) mass is 413 g/mol. The van der Waals surface area contributed by atoms with Crippen LogP contribution in [0.25, 0.3) is 0 Å². The van der Waals surface area contributed by atoms with Crippen molar-refractivity contribution < 1.29 is 26.4 Å². The second kappa shape index (κ2) is 8.48. The Morgan fingerprint density at radius 2 is 1.74 bits per heavy atom. The standard InChI is InChI=1S/C16H19N3O6S2/c1-25-14-8-7-12(11-15(14)26(17,21)22)19-16(20)9-10-18-27(23,24)13-5-3-2-4-6-13/h2-8,11,18H,9-10H2,1H3,(H,19,20)(H2,17,21,22). The molecule has 0 aliphatic carbocycles. The van der Waals surface area contributed by atoms with Crippen LogP contribution in [0.3, 0.4) is 0 Å². The van der Waals surface area contributed by atoms with E-state index in [4.69, 9.17) is 9.88 Å². The number of ether oxygens (including phenoxy) is 1. The van der Waals surface area contributed by atoms with Crippen LogP contribution in [-0.2, 0) is 24.8 Å². The number of anilines is 1. The molecule has 4 N–H and O–H groups in total. The van der Waals surface area contributed by atoms with Gasteiger partial charge in [0.05, 0.1) is 12.0 Å². The minimum Gasteiger partial charge on any atom is -0.495 e. The van der Waals surface area contributed by atoms with E-state index >= 15 is 0 Å². The first-order valence-electron chi connectivity index (χ1n) is 7.69. The molecule has 1 amide bonds. The maximum Gasteiger partial charge on any atom is 0.241 e. The number of carbonyl (C=O) groups excluding carboxylic acids is 1. The summed E-state index contributed by atoms with van der Waals surface area (Å²) in [6.45, 7) is -0.124. The Morgan fingerprint density at radius 1 is 1.07 bits per heavy atom. The van der Waals surface area contributed by atoms with Crippen LogP contribution in [0.4, 0.5) is 5.69 Å². The van der Waals surface area contributed by atoms with E-state index in [1.165, 1.54) is 37.4 Å². The lowest BCUT2D eigenvalue weighted by atomic mass is 10.3. The average Bonchev–Trinajstić information content (AvgIpc) is 2.61. The van der Waals surface area contributed by atoms with Crippen molar-refractivity contribution in [3.05, 3.63) is 48.5 Å². The van der Waals surface area contributed by atoms with E-state index in [9.17, 15) is 21.6 Å². The number of hydrogen-bond acceptors (Lipinski definition) is 6. The fraction of sp³-hybridized carbons (Fsp3) is 0.188. The third-order valence-corrected chi connectivity index (χ3v) is 5.86. The summed E-state index contributed by atoms with van der Waals surface area (Å²) in [6.07, 6.45) is -0.150. The van der Waals surface area contributed by atoms with E-state index in [2.05, 4.69) is 10.0 Å². The Bertz CT molecular complexity index is 1020. The number of primary sulfonamides is 1. The number of sulfonamides is 2. The zero-order chi connectivity index (χ0) is 20.1. The second-order valence-corrected chi connectivity index (χ2v) is 8.72. The molecular weight excluding hydrogens is 394 g/mol. The van der Waals surface area contributed by atoms with E-state index < -0.39 is 26.0 Å². The van der Waals surface area contributed by atoms with Crippen LogP contribution in [0.15, 0.2) is 58.3 Å². The highest BCUT2D eigenvalue weighted by atomic mass is 32.2. The smallest absolute Gasteiger partial charge is 0.241 e. The molecule has 0 bridgehead atoms. The van der Waals surface area contributed by atoms with E-state index in [1.807, 2.05) is 0 Å². The molecule has 0 saturated heterocycles. The minimum atomic E-state index is -4.04. The molecule has 27 heavy (non-hydrogen) atoms. The number of carbonyl (C=O) groups is 1. The SMILES string of the molecule is COc1ccc(NC(=O)CCNS(=O)(=O)c2ccccc2)cc1S(N)(=O)=O. The first-order valence-corrected chi connectivity index (χ1v) is 10.7. The molecule has 0 fully saturated rings. The quantitative estimate of drug-likeness (QED) is 0.579. The third-order valence-electron chi connectivity index (χ3n) is 3.45. The second-order valence-electron chi connectivity index (χ2n) is 5.42. The predicted molar refractivity (Wildman–Crippen MR) is 99.2 cm³/mol. The van der Waals surface area contributed by atoms with Crippen LogP contribution >= 0.6 is 0 Å². The summed E-state index contributed by atoms with van der Waals surface area (Å²) in [5.41, 5.74) is 0.191. The molecule has 0 spiro atoms. The Kier molecular flexibility index (Phi) is 6.54. The summed E-state index contributed by atoms with van der Waals surface area (Å²) in [6, 6.07) is 11.7. The van der Waals surface area contributed by atoms with E-state index in [1.54, 1.807) is 18.2 Å². The number of amides is 1. The van der Waals surface area contributed by atoms with Crippen LogP contribution in [-0.4, -0.2) is 36.4 Å². The van der Waals surface area contributed by atoms with Crippen molar-refractivity contribution in [1.82, 2.24) is 4.72 Å². The molecule has 2 rings (SSSR count). The van der Waals surface area contributed by atoms with Crippen LogP contribution in [0, 0.1) is 0 Å². The van der Waals surface area contributed by atoms with Gasteiger partial charge in [-0.25, -0.2) is 26.7 Å². The Morgan fingerprint density at radius 3 is 2.33 bits per heavy atom. The summed E-state index contributed by atoms with van der Waals surface area (Å²) < 4.78 is 54.5. The molecule has 0 unspecified atom stereocenters. The molecule has 2 aromatic rings. The minimum absolute atomic E-state index is 0.0473. The van der Waals surface area contributed by atoms with Gasteiger partial charge < -0.3 is 10.1 Å². The van der Waals surface area contributed by atoms with Gasteiger partial charge >= 0.3 is 0 Å². The van der Waals surface area contributed by atoms with Gasteiger partial charge in [0.2, 0.25) is 26.0 Å². The van der Waals surface area contributed by atoms with Crippen molar-refractivity contribution >= 4 is 31.6 Å². The van der Waals surface area contributed by atoms with Gasteiger partial charge in [0.25, 0.3) is 0 Å². The molecule has 0 atom stereocenters. The Labute approximate surface area is 157 Å². The molecule has 0 radical (unpaired) electrons. The van der Waals surface area contributed by atoms with E-state index in [0.29, 0.717) is 0 Å². The number of rotatable bonds is 8. The lowest BCUT2D eigenvalue weighted by molar-refractivity contribution is -0.116. The van der Waals surface area contributed by atoms with Crippen molar-refractivity contribution in [1.29, 1.82) is 0 Å². The molecule has 9 nitrogen and oxygen atoms in total. The van der Waals surface area contributed by atoms with Crippen molar-refractivity contribution in [3.8, 4) is 5.75 Å². The third kappa shape index (κ3) is 5.76. The van der Waals surface area contributed by atoms with Gasteiger partial charge in [0.1, 0.15) is 10.6 Å². The molecule has 0 heterocycles. The Balaban J connectivity index is 1.98. The average molecular weight is 413 g/mol. The van der Waals surface area contributed by atoms with Gasteiger partial charge in [0.15, 0.2) is 0 Å². The van der Waals surface area contributed by atoms with Gasteiger partial charge in [-0.3, -0.25) is 4.79 Å². The molecular formula is C16H19N3O6S2. The highest BCUT2D eigenvalue weighted by Gasteiger charge is 2.17. The molecule has 0 saturated carbocycles. The lowest BCUT2D eigenvalue weighted by Gasteiger charge is -2.11. The lowest BCUT2D eigenvalue weighted by Crippen LogP contribution is -2.27. The highest BCUT2D eigenvalue weighted by Crippen LogP contribution is 2.26. The van der Waals surface area contributed by atoms with Crippen LogP contribution < -0.4 is 19.9 Å².